The molecule has 0 atom stereocenters. The largest absolute Gasteiger partial charge is 0.497 e. The van der Waals surface area contributed by atoms with Gasteiger partial charge in [0.05, 0.1) is 24.7 Å². The Morgan fingerprint density at radius 2 is 1.93 bits per heavy atom. The average molecular weight is 489 g/mol. The summed E-state index contributed by atoms with van der Waals surface area (Å²) in [6.07, 6.45) is 4.67. The lowest BCUT2D eigenvalue weighted by molar-refractivity contribution is 0.414. The van der Waals surface area contributed by atoms with Gasteiger partial charge in [-0.1, -0.05) is 12.1 Å². The lowest BCUT2D eigenvalue weighted by Gasteiger charge is -2.31. The molecule has 1 aromatic carbocycles. The van der Waals surface area contributed by atoms with E-state index in [0.717, 1.165) is 41.3 Å². The smallest absolute Gasteiger partial charge is 0.161 e. The normalized spacial score (nSPS) is 17.3. The molecule has 1 aliphatic carbocycles. The monoisotopic (exact) mass is 489 g/mol. The van der Waals surface area contributed by atoms with Crippen LogP contribution in [0.15, 0.2) is 30.5 Å². The van der Waals surface area contributed by atoms with Crippen molar-refractivity contribution < 1.29 is 4.74 Å². The van der Waals surface area contributed by atoms with Crippen molar-refractivity contribution >= 4 is 39.3 Å². The zero-order valence-electron chi connectivity index (χ0n) is 16.0. The Hall–Kier alpha value is -1.87. The number of anilines is 1. The van der Waals surface area contributed by atoms with Crippen molar-refractivity contribution in [1.82, 2.24) is 20.1 Å². The van der Waals surface area contributed by atoms with Gasteiger partial charge in [0, 0.05) is 32.4 Å². The number of halogens is 1. The topological polar surface area (TPSA) is 55.2 Å². The third-order valence-corrected chi connectivity index (χ3v) is 6.42. The molecule has 6 nitrogen and oxygen atoms in total. The number of fused-ring (bicyclic) bond motifs is 1. The molecule has 1 N–H and O–H groups in total. The van der Waals surface area contributed by atoms with Crippen LogP contribution in [0.5, 0.6) is 5.75 Å². The third kappa shape index (κ3) is 3.34. The van der Waals surface area contributed by atoms with E-state index in [9.17, 15) is 0 Å². The lowest BCUT2D eigenvalue weighted by Crippen LogP contribution is -2.44. The first-order valence-electron chi connectivity index (χ1n) is 9.88. The van der Waals surface area contributed by atoms with E-state index in [4.69, 9.17) is 14.8 Å². The average Bonchev–Trinajstić information content (AvgIpc) is 3.54. The van der Waals surface area contributed by atoms with E-state index in [2.05, 4.69) is 51.1 Å². The maximum Gasteiger partial charge on any atom is 0.161 e. The summed E-state index contributed by atoms with van der Waals surface area (Å²) in [6, 6.07) is 8.18. The minimum absolute atomic E-state index is 0.669. The van der Waals surface area contributed by atoms with Gasteiger partial charge in [0.2, 0.25) is 0 Å². The maximum atomic E-state index is 5.27. The van der Waals surface area contributed by atoms with Gasteiger partial charge in [0.25, 0.3) is 0 Å². The van der Waals surface area contributed by atoms with Crippen LogP contribution in [-0.2, 0) is 6.54 Å². The van der Waals surface area contributed by atoms with Crippen molar-refractivity contribution in [2.24, 2.45) is 0 Å². The van der Waals surface area contributed by atoms with Crippen molar-refractivity contribution in [3.05, 3.63) is 45.3 Å². The van der Waals surface area contributed by atoms with Gasteiger partial charge in [-0.15, -0.1) is 0 Å². The molecule has 0 radical (unpaired) electrons. The third-order valence-electron chi connectivity index (χ3n) is 5.66. The van der Waals surface area contributed by atoms with Crippen LogP contribution in [0.4, 0.5) is 5.69 Å². The first-order valence-corrected chi connectivity index (χ1v) is 11.0. The minimum Gasteiger partial charge on any atom is -0.497 e. The number of nitrogens with one attached hydrogen (secondary N) is 1. The fraction of sp³-hybridized carbons (Fsp3) is 0.429. The SMILES string of the molecule is COc1ccc(Cn2nc(I)c3c(N4CCNCC4)c(C4CC4)cnc32)cc1. The van der Waals surface area contributed by atoms with Crippen LogP contribution >= 0.6 is 22.6 Å². The Kier molecular flexibility index (Phi) is 4.88. The van der Waals surface area contributed by atoms with Crippen molar-refractivity contribution in [3.63, 3.8) is 0 Å². The van der Waals surface area contributed by atoms with Gasteiger partial charge in [-0.2, -0.15) is 5.10 Å². The van der Waals surface area contributed by atoms with Crippen LogP contribution in [0, 0.1) is 3.70 Å². The molecular formula is C21H24IN5O. The summed E-state index contributed by atoms with van der Waals surface area (Å²) < 4.78 is 8.36. The summed E-state index contributed by atoms with van der Waals surface area (Å²) >= 11 is 2.38. The van der Waals surface area contributed by atoms with Crippen molar-refractivity contribution in [3.8, 4) is 5.75 Å². The highest BCUT2D eigenvalue weighted by atomic mass is 127. The number of rotatable bonds is 5. The highest BCUT2D eigenvalue weighted by Crippen LogP contribution is 2.47. The predicted octanol–water partition coefficient (Wildman–Crippen LogP) is 3.38. The van der Waals surface area contributed by atoms with Gasteiger partial charge in [0.1, 0.15) is 9.45 Å². The molecule has 5 rings (SSSR count). The van der Waals surface area contributed by atoms with Gasteiger partial charge in [0.15, 0.2) is 5.65 Å². The molecule has 2 fully saturated rings. The Labute approximate surface area is 178 Å². The molecule has 1 saturated heterocycles. The van der Waals surface area contributed by atoms with Gasteiger partial charge in [-0.05, 0) is 64.6 Å². The van der Waals surface area contributed by atoms with E-state index in [1.165, 1.54) is 35.0 Å². The maximum absolute atomic E-state index is 5.27. The molecule has 146 valence electrons. The second-order valence-corrected chi connectivity index (χ2v) is 8.59. The van der Waals surface area contributed by atoms with Crippen molar-refractivity contribution in [1.29, 1.82) is 0 Å². The first kappa shape index (κ1) is 18.2. The zero-order valence-corrected chi connectivity index (χ0v) is 18.1. The minimum atomic E-state index is 0.669. The molecule has 0 unspecified atom stereocenters. The highest BCUT2D eigenvalue weighted by molar-refractivity contribution is 14.1. The molecular weight excluding hydrogens is 465 g/mol. The van der Waals surface area contributed by atoms with Crippen LogP contribution in [0.3, 0.4) is 0 Å². The van der Waals surface area contributed by atoms with Crippen LogP contribution in [0.2, 0.25) is 0 Å². The van der Waals surface area contributed by atoms with Crippen molar-refractivity contribution in [2.75, 3.05) is 38.2 Å². The van der Waals surface area contributed by atoms with E-state index >= 15 is 0 Å². The van der Waals surface area contributed by atoms with Gasteiger partial charge in [-0.25, -0.2) is 9.67 Å². The molecule has 7 heteroatoms. The van der Waals surface area contributed by atoms with Gasteiger partial charge < -0.3 is 15.0 Å². The molecule has 1 aliphatic heterocycles. The number of benzene rings is 1. The fourth-order valence-corrected chi connectivity index (χ4v) is 4.79. The lowest BCUT2D eigenvalue weighted by atomic mass is 10.1. The molecule has 2 aliphatic rings. The summed E-state index contributed by atoms with van der Waals surface area (Å²) in [4.78, 5) is 7.41. The van der Waals surface area contributed by atoms with E-state index in [-0.39, 0.29) is 0 Å². The standard InChI is InChI=1S/C21H24IN5O/c1-28-16-6-2-14(3-7-16)13-27-21-18(20(22)25-27)19(26-10-8-23-9-11-26)17(12-24-21)15-4-5-15/h2-3,6-7,12,15,23H,4-5,8-11,13H2,1H3. The van der Waals surface area contributed by atoms with Crippen molar-refractivity contribution in [2.45, 2.75) is 25.3 Å². The number of nitrogens with zero attached hydrogens (tertiary/aromatic N) is 4. The number of pyridine rings is 1. The van der Waals surface area contributed by atoms with Crippen LogP contribution < -0.4 is 15.0 Å². The summed E-state index contributed by atoms with van der Waals surface area (Å²) in [6.45, 7) is 4.85. The second kappa shape index (κ2) is 7.51. The number of piperazine rings is 1. The molecule has 3 aromatic rings. The fourth-order valence-electron chi connectivity index (χ4n) is 4.03. The van der Waals surface area contributed by atoms with Crippen LogP contribution in [-0.4, -0.2) is 48.1 Å². The Bertz CT molecular complexity index is 990. The Morgan fingerprint density at radius 3 is 2.61 bits per heavy atom. The number of hydrogen-bond acceptors (Lipinski definition) is 5. The number of ether oxygens (including phenoxy) is 1. The van der Waals surface area contributed by atoms with E-state index in [1.54, 1.807) is 7.11 Å². The van der Waals surface area contributed by atoms with Gasteiger partial charge in [-0.3, -0.25) is 0 Å². The van der Waals surface area contributed by atoms with E-state index in [1.807, 2.05) is 16.8 Å². The Morgan fingerprint density at radius 1 is 1.18 bits per heavy atom. The molecule has 0 bridgehead atoms. The molecule has 2 aromatic heterocycles. The quantitative estimate of drug-likeness (QED) is 0.558. The molecule has 0 spiro atoms. The second-order valence-electron chi connectivity index (χ2n) is 7.57. The Balaban J connectivity index is 1.58. The predicted molar refractivity (Wildman–Crippen MR) is 119 cm³/mol. The van der Waals surface area contributed by atoms with E-state index in [0.29, 0.717) is 12.5 Å². The van der Waals surface area contributed by atoms with Gasteiger partial charge >= 0.3 is 0 Å². The summed E-state index contributed by atoms with van der Waals surface area (Å²) in [5, 5.41) is 9.56. The van der Waals surface area contributed by atoms with Crippen LogP contribution in [0.1, 0.15) is 29.9 Å². The number of aromatic nitrogens is 3. The molecule has 1 saturated carbocycles. The first-order chi connectivity index (χ1) is 13.7. The summed E-state index contributed by atoms with van der Waals surface area (Å²) in [5.74, 6) is 1.54. The molecule has 28 heavy (non-hydrogen) atoms. The summed E-state index contributed by atoms with van der Waals surface area (Å²) in [5.41, 5.74) is 4.97. The highest BCUT2D eigenvalue weighted by Gasteiger charge is 2.31. The molecule has 0 amide bonds. The molecule has 3 heterocycles. The zero-order chi connectivity index (χ0) is 19.1. The summed E-state index contributed by atoms with van der Waals surface area (Å²) in [7, 11) is 1.69. The number of hydrogen-bond donors (Lipinski definition) is 1. The van der Waals surface area contributed by atoms with E-state index < -0.39 is 0 Å². The van der Waals surface area contributed by atoms with Crippen LogP contribution in [0.25, 0.3) is 11.0 Å². The number of methoxy groups -OCH3 is 1.